The van der Waals surface area contributed by atoms with Gasteiger partial charge in [-0.05, 0) is 30.1 Å². The van der Waals surface area contributed by atoms with Gasteiger partial charge in [0.1, 0.15) is 0 Å². The summed E-state index contributed by atoms with van der Waals surface area (Å²) < 4.78 is 0. The fraction of sp³-hybridized carbons (Fsp3) is 0.857. The monoisotopic (exact) mass is 209 g/mol. The minimum absolute atomic E-state index is 0.327. The summed E-state index contributed by atoms with van der Waals surface area (Å²) in [6.45, 7) is 11.0. The van der Waals surface area contributed by atoms with E-state index in [1.807, 2.05) is 0 Å². The second-order valence-electron chi connectivity index (χ2n) is 5.41. The summed E-state index contributed by atoms with van der Waals surface area (Å²) in [4.78, 5) is 0. The molecule has 4 atom stereocenters. The summed E-state index contributed by atoms with van der Waals surface area (Å²) in [7, 11) is 0. The summed E-state index contributed by atoms with van der Waals surface area (Å²) in [5.74, 6) is 1.34. The van der Waals surface area contributed by atoms with E-state index in [-0.39, 0.29) is 0 Å². The molecule has 88 valence electrons. The molecule has 0 saturated heterocycles. The molecular formula is C14H27N. The van der Waals surface area contributed by atoms with Crippen LogP contribution in [0.15, 0.2) is 12.7 Å². The van der Waals surface area contributed by atoms with Gasteiger partial charge in [-0.3, -0.25) is 0 Å². The highest BCUT2D eigenvalue weighted by Crippen LogP contribution is 2.50. The number of allylic oxidation sites excluding steroid dienone is 1. The Kier molecular flexibility index (Phi) is 4.39. The van der Waals surface area contributed by atoms with Gasteiger partial charge in [-0.2, -0.15) is 0 Å². The zero-order valence-corrected chi connectivity index (χ0v) is 10.6. The van der Waals surface area contributed by atoms with E-state index in [1.54, 1.807) is 0 Å². The maximum absolute atomic E-state index is 6.18. The summed E-state index contributed by atoms with van der Waals surface area (Å²) in [5, 5.41) is 0. The van der Waals surface area contributed by atoms with Crippen LogP contribution < -0.4 is 5.73 Å². The largest absolute Gasteiger partial charge is 0.327 e. The molecule has 15 heavy (non-hydrogen) atoms. The molecule has 0 spiro atoms. The fourth-order valence-electron chi connectivity index (χ4n) is 3.11. The van der Waals surface area contributed by atoms with Gasteiger partial charge in [0.2, 0.25) is 0 Å². The number of nitrogens with two attached hydrogens (primary N) is 1. The smallest absolute Gasteiger partial charge is 0.00757 e. The maximum Gasteiger partial charge on any atom is 0.00757 e. The predicted molar refractivity (Wildman–Crippen MR) is 67.7 cm³/mol. The number of hydrogen-bond donors (Lipinski definition) is 1. The van der Waals surface area contributed by atoms with Crippen LogP contribution in [-0.4, -0.2) is 6.04 Å². The van der Waals surface area contributed by atoms with E-state index in [0.29, 0.717) is 23.3 Å². The lowest BCUT2D eigenvalue weighted by Crippen LogP contribution is -2.24. The Labute approximate surface area is 95.1 Å². The Hall–Kier alpha value is -0.300. The maximum atomic E-state index is 6.18. The topological polar surface area (TPSA) is 26.0 Å². The van der Waals surface area contributed by atoms with Gasteiger partial charge in [0, 0.05) is 6.04 Å². The minimum Gasteiger partial charge on any atom is -0.327 e. The molecule has 0 aromatic carbocycles. The lowest BCUT2D eigenvalue weighted by Gasteiger charge is -2.31. The zero-order valence-electron chi connectivity index (χ0n) is 10.6. The van der Waals surface area contributed by atoms with Gasteiger partial charge in [0.05, 0.1) is 0 Å². The molecule has 0 bridgehead atoms. The van der Waals surface area contributed by atoms with Gasteiger partial charge < -0.3 is 5.73 Å². The fourth-order valence-corrected chi connectivity index (χ4v) is 3.11. The molecule has 1 nitrogen and oxygen atoms in total. The normalized spacial score (nSPS) is 40.7. The Morgan fingerprint density at radius 3 is 2.47 bits per heavy atom. The van der Waals surface area contributed by atoms with Crippen LogP contribution in [0.3, 0.4) is 0 Å². The van der Waals surface area contributed by atoms with Crippen LogP contribution in [-0.2, 0) is 0 Å². The molecule has 0 radical (unpaired) electrons. The van der Waals surface area contributed by atoms with E-state index in [0.717, 1.165) is 6.42 Å². The molecule has 3 unspecified atom stereocenters. The Bertz CT molecular complexity index is 211. The summed E-state index contributed by atoms with van der Waals surface area (Å²) in [6, 6.07) is 0.375. The quantitative estimate of drug-likeness (QED) is 0.542. The van der Waals surface area contributed by atoms with Crippen molar-refractivity contribution in [2.24, 2.45) is 23.0 Å². The molecule has 1 aliphatic carbocycles. The molecule has 2 N–H and O–H groups in total. The first kappa shape index (κ1) is 12.8. The van der Waals surface area contributed by atoms with Crippen molar-refractivity contribution in [1.29, 1.82) is 0 Å². The van der Waals surface area contributed by atoms with E-state index in [1.165, 1.54) is 25.7 Å². The van der Waals surface area contributed by atoms with E-state index < -0.39 is 0 Å². The van der Waals surface area contributed by atoms with Crippen molar-refractivity contribution >= 4 is 0 Å². The van der Waals surface area contributed by atoms with E-state index >= 15 is 0 Å². The van der Waals surface area contributed by atoms with Crippen molar-refractivity contribution in [1.82, 2.24) is 0 Å². The van der Waals surface area contributed by atoms with Gasteiger partial charge in [-0.15, -0.1) is 6.58 Å². The van der Waals surface area contributed by atoms with Crippen molar-refractivity contribution in [2.75, 3.05) is 0 Å². The third kappa shape index (κ3) is 2.44. The first-order chi connectivity index (χ1) is 7.07. The lowest BCUT2D eigenvalue weighted by molar-refractivity contribution is 0.235. The van der Waals surface area contributed by atoms with Crippen molar-refractivity contribution in [2.45, 2.75) is 58.9 Å². The standard InChI is InChI=1S/C14H27N/c1-5-7-8-9-14(6-2)10-13(15)11(3)12(14)4/h6,11-13H,2,5,7-10,15H2,1,3-4H3/t11?,12?,13?,14-/m0/s1. The molecule has 0 aliphatic heterocycles. The van der Waals surface area contributed by atoms with Crippen LogP contribution >= 0.6 is 0 Å². The average Bonchev–Trinajstić information content (AvgIpc) is 2.44. The van der Waals surface area contributed by atoms with E-state index in [2.05, 4.69) is 33.4 Å². The van der Waals surface area contributed by atoms with Crippen molar-refractivity contribution in [3.8, 4) is 0 Å². The Balaban J connectivity index is 2.64. The van der Waals surface area contributed by atoms with Crippen molar-refractivity contribution < 1.29 is 0 Å². The number of hydrogen-bond acceptors (Lipinski definition) is 1. The zero-order chi connectivity index (χ0) is 11.5. The summed E-state index contributed by atoms with van der Waals surface area (Å²) >= 11 is 0. The van der Waals surface area contributed by atoms with Crippen LogP contribution in [0, 0.1) is 17.3 Å². The van der Waals surface area contributed by atoms with E-state index in [9.17, 15) is 0 Å². The number of rotatable bonds is 5. The molecule has 1 heteroatoms. The summed E-state index contributed by atoms with van der Waals surface area (Å²) in [6.07, 6.45) is 8.57. The Morgan fingerprint density at radius 1 is 1.40 bits per heavy atom. The van der Waals surface area contributed by atoms with Crippen LogP contribution in [0.25, 0.3) is 0 Å². The minimum atomic E-state index is 0.327. The highest BCUT2D eigenvalue weighted by molar-refractivity contribution is 5.07. The molecule has 1 fully saturated rings. The first-order valence-corrected chi connectivity index (χ1v) is 6.46. The van der Waals surface area contributed by atoms with E-state index in [4.69, 9.17) is 5.73 Å². The molecule has 1 saturated carbocycles. The van der Waals surface area contributed by atoms with Crippen LogP contribution in [0.2, 0.25) is 0 Å². The van der Waals surface area contributed by atoms with Gasteiger partial charge >= 0.3 is 0 Å². The highest BCUT2D eigenvalue weighted by Gasteiger charge is 2.45. The van der Waals surface area contributed by atoms with Gasteiger partial charge in [0.15, 0.2) is 0 Å². The van der Waals surface area contributed by atoms with Gasteiger partial charge in [-0.25, -0.2) is 0 Å². The van der Waals surface area contributed by atoms with Crippen LogP contribution in [0.1, 0.15) is 52.9 Å². The molecule has 1 rings (SSSR count). The SMILES string of the molecule is C=C[C@]1(CCCCC)CC(N)C(C)C1C. The number of unbranched alkanes of at least 4 members (excludes halogenated alkanes) is 2. The predicted octanol–water partition coefficient (Wildman–Crippen LogP) is 3.74. The summed E-state index contributed by atoms with van der Waals surface area (Å²) in [5.41, 5.74) is 6.50. The molecule has 0 heterocycles. The first-order valence-electron chi connectivity index (χ1n) is 6.46. The molecule has 0 aromatic heterocycles. The average molecular weight is 209 g/mol. The highest BCUT2D eigenvalue weighted by atomic mass is 14.7. The second kappa shape index (κ2) is 5.16. The molecular weight excluding hydrogens is 182 g/mol. The third-order valence-corrected chi connectivity index (χ3v) is 4.64. The lowest BCUT2D eigenvalue weighted by atomic mass is 9.73. The van der Waals surface area contributed by atoms with Crippen LogP contribution in [0.5, 0.6) is 0 Å². The van der Waals surface area contributed by atoms with Crippen molar-refractivity contribution in [3.63, 3.8) is 0 Å². The molecule has 1 aliphatic rings. The Morgan fingerprint density at radius 2 is 2.07 bits per heavy atom. The molecule has 0 amide bonds. The van der Waals surface area contributed by atoms with Crippen LogP contribution in [0.4, 0.5) is 0 Å². The third-order valence-electron chi connectivity index (χ3n) is 4.64. The second-order valence-corrected chi connectivity index (χ2v) is 5.41. The van der Waals surface area contributed by atoms with Crippen molar-refractivity contribution in [3.05, 3.63) is 12.7 Å². The van der Waals surface area contributed by atoms with Gasteiger partial charge in [0.25, 0.3) is 0 Å². The molecule has 0 aromatic rings. The van der Waals surface area contributed by atoms with Gasteiger partial charge in [-0.1, -0.05) is 46.1 Å².